The first-order valence-corrected chi connectivity index (χ1v) is 6.41. The van der Waals surface area contributed by atoms with E-state index in [0.717, 1.165) is 29.9 Å². The number of fused-ring (bicyclic) bond motifs is 1. The molecular formula is C14H20N2O. The predicted molar refractivity (Wildman–Crippen MR) is 71.1 cm³/mol. The number of carbonyl (C=O) groups excluding carboxylic acids is 1. The Hall–Kier alpha value is -1.51. The van der Waals surface area contributed by atoms with Gasteiger partial charge < -0.3 is 10.6 Å². The van der Waals surface area contributed by atoms with E-state index >= 15 is 0 Å². The molecule has 3 heteroatoms. The molecule has 1 aromatic carbocycles. The summed E-state index contributed by atoms with van der Waals surface area (Å²) in [5, 5.41) is 0. The van der Waals surface area contributed by atoms with Gasteiger partial charge >= 0.3 is 0 Å². The molecule has 0 saturated heterocycles. The minimum atomic E-state index is 0.210. The Morgan fingerprint density at radius 2 is 2.12 bits per heavy atom. The van der Waals surface area contributed by atoms with Crippen LogP contribution in [0.1, 0.15) is 38.2 Å². The summed E-state index contributed by atoms with van der Waals surface area (Å²) in [6, 6.07) is 5.76. The Morgan fingerprint density at radius 1 is 1.29 bits per heavy atom. The number of benzene rings is 1. The fourth-order valence-corrected chi connectivity index (χ4v) is 2.34. The second-order valence-electron chi connectivity index (χ2n) is 4.67. The van der Waals surface area contributed by atoms with Gasteiger partial charge in [0, 0.05) is 17.9 Å². The summed E-state index contributed by atoms with van der Waals surface area (Å²) in [6.07, 6.45) is 5.26. The number of unbranched alkanes of at least 4 members (excludes halogenated alkanes) is 3. The number of nitrogen functional groups attached to an aromatic ring is 1. The first kappa shape index (κ1) is 12.0. The zero-order valence-electron chi connectivity index (χ0n) is 10.4. The maximum atomic E-state index is 11.9. The van der Waals surface area contributed by atoms with Crippen LogP contribution in [-0.2, 0) is 11.2 Å². The van der Waals surface area contributed by atoms with Crippen LogP contribution in [0.15, 0.2) is 18.2 Å². The van der Waals surface area contributed by atoms with Crippen molar-refractivity contribution in [3.63, 3.8) is 0 Å². The first-order chi connectivity index (χ1) is 8.22. The molecule has 0 fully saturated rings. The van der Waals surface area contributed by atoms with Gasteiger partial charge in [0.1, 0.15) is 0 Å². The van der Waals surface area contributed by atoms with Crippen molar-refractivity contribution in [1.29, 1.82) is 0 Å². The van der Waals surface area contributed by atoms with E-state index in [-0.39, 0.29) is 5.91 Å². The Balaban J connectivity index is 2.02. The summed E-state index contributed by atoms with van der Waals surface area (Å²) in [5.74, 6) is 0.210. The zero-order valence-corrected chi connectivity index (χ0v) is 10.4. The third-order valence-electron chi connectivity index (χ3n) is 3.27. The largest absolute Gasteiger partial charge is 0.399 e. The lowest BCUT2D eigenvalue weighted by Crippen LogP contribution is -2.27. The minimum Gasteiger partial charge on any atom is -0.399 e. The molecule has 17 heavy (non-hydrogen) atoms. The van der Waals surface area contributed by atoms with Crippen LogP contribution in [0.2, 0.25) is 0 Å². The Labute approximate surface area is 103 Å². The molecule has 1 aromatic rings. The van der Waals surface area contributed by atoms with Gasteiger partial charge in [0.15, 0.2) is 0 Å². The topological polar surface area (TPSA) is 46.3 Å². The van der Waals surface area contributed by atoms with Crippen molar-refractivity contribution in [3.8, 4) is 0 Å². The molecule has 0 atom stereocenters. The molecule has 0 bridgehead atoms. The molecule has 0 aliphatic carbocycles. The number of carbonyl (C=O) groups is 1. The van der Waals surface area contributed by atoms with E-state index in [1.807, 2.05) is 23.1 Å². The number of nitrogens with zero attached hydrogens (tertiary/aromatic N) is 1. The first-order valence-electron chi connectivity index (χ1n) is 6.41. The van der Waals surface area contributed by atoms with Gasteiger partial charge in [-0.25, -0.2) is 0 Å². The lowest BCUT2D eigenvalue weighted by Gasteiger charge is -2.17. The summed E-state index contributed by atoms with van der Waals surface area (Å²) in [6.45, 7) is 3.04. The van der Waals surface area contributed by atoms with Crippen LogP contribution in [-0.4, -0.2) is 12.5 Å². The average molecular weight is 232 g/mol. The summed E-state index contributed by atoms with van der Waals surface area (Å²) in [5.41, 5.74) is 8.60. The van der Waals surface area contributed by atoms with Gasteiger partial charge in [0.25, 0.3) is 0 Å². The number of hydrogen-bond donors (Lipinski definition) is 1. The van der Waals surface area contributed by atoms with Gasteiger partial charge in [-0.05, 0) is 30.2 Å². The van der Waals surface area contributed by atoms with Crippen LogP contribution in [0.4, 0.5) is 11.4 Å². The van der Waals surface area contributed by atoms with Gasteiger partial charge in [-0.1, -0.05) is 26.2 Å². The average Bonchev–Trinajstić information content (AvgIpc) is 2.60. The fourth-order valence-electron chi connectivity index (χ4n) is 2.34. The minimum absolute atomic E-state index is 0.210. The number of rotatable bonds is 5. The van der Waals surface area contributed by atoms with Crippen molar-refractivity contribution >= 4 is 17.3 Å². The standard InChI is InChI=1S/C14H20N2O/c1-2-3-4-5-8-16-13-7-6-12(15)9-11(13)10-14(16)17/h6-7,9H,2-5,8,10,15H2,1H3. The summed E-state index contributed by atoms with van der Waals surface area (Å²) in [7, 11) is 0. The van der Waals surface area contributed by atoms with Crippen molar-refractivity contribution in [2.24, 2.45) is 0 Å². The highest BCUT2D eigenvalue weighted by Gasteiger charge is 2.26. The van der Waals surface area contributed by atoms with Crippen LogP contribution in [0, 0.1) is 0 Å². The van der Waals surface area contributed by atoms with E-state index < -0.39 is 0 Å². The van der Waals surface area contributed by atoms with Crippen molar-refractivity contribution in [1.82, 2.24) is 0 Å². The van der Waals surface area contributed by atoms with Gasteiger partial charge in [0.2, 0.25) is 5.91 Å². The van der Waals surface area contributed by atoms with Crippen molar-refractivity contribution in [2.75, 3.05) is 17.2 Å². The molecular weight excluding hydrogens is 212 g/mol. The van der Waals surface area contributed by atoms with E-state index in [0.29, 0.717) is 6.42 Å². The van der Waals surface area contributed by atoms with E-state index in [9.17, 15) is 4.79 Å². The number of hydrogen-bond acceptors (Lipinski definition) is 2. The molecule has 0 unspecified atom stereocenters. The van der Waals surface area contributed by atoms with Gasteiger partial charge in [0.05, 0.1) is 6.42 Å². The van der Waals surface area contributed by atoms with E-state index in [2.05, 4.69) is 6.92 Å². The molecule has 0 spiro atoms. The molecule has 0 aromatic heterocycles. The van der Waals surface area contributed by atoms with Crippen molar-refractivity contribution in [3.05, 3.63) is 23.8 Å². The van der Waals surface area contributed by atoms with Crippen LogP contribution < -0.4 is 10.6 Å². The molecule has 2 N–H and O–H groups in total. The summed E-state index contributed by atoms with van der Waals surface area (Å²) >= 11 is 0. The second kappa shape index (κ2) is 5.21. The van der Waals surface area contributed by atoms with Crippen LogP contribution in [0.3, 0.4) is 0 Å². The maximum Gasteiger partial charge on any atom is 0.231 e. The molecule has 1 aliphatic rings. The molecule has 1 aliphatic heterocycles. The van der Waals surface area contributed by atoms with Crippen LogP contribution >= 0.6 is 0 Å². The molecule has 3 nitrogen and oxygen atoms in total. The molecule has 0 radical (unpaired) electrons. The highest BCUT2D eigenvalue weighted by atomic mass is 16.2. The smallest absolute Gasteiger partial charge is 0.231 e. The SMILES string of the molecule is CCCCCCN1C(=O)Cc2cc(N)ccc21. The molecule has 1 heterocycles. The summed E-state index contributed by atoms with van der Waals surface area (Å²) < 4.78 is 0. The second-order valence-corrected chi connectivity index (χ2v) is 4.67. The Morgan fingerprint density at radius 3 is 2.88 bits per heavy atom. The molecule has 0 saturated carbocycles. The molecule has 92 valence electrons. The molecule has 1 amide bonds. The lowest BCUT2D eigenvalue weighted by atomic mass is 10.1. The van der Waals surface area contributed by atoms with Crippen LogP contribution in [0.5, 0.6) is 0 Å². The van der Waals surface area contributed by atoms with Gasteiger partial charge in [-0.3, -0.25) is 4.79 Å². The van der Waals surface area contributed by atoms with E-state index in [1.54, 1.807) is 0 Å². The van der Waals surface area contributed by atoms with Crippen LogP contribution in [0.25, 0.3) is 0 Å². The number of anilines is 2. The fraction of sp³-hybridized carbons (Fsp3) is 0.500. The van der Waals surface area contributed by atoms with Gasteiger partial charge in [-0.15, -0.1) is 0 Å². The normalized spacial score (nSPS) is 14.2. The van der Waals surface area contributed by atoms with Crippen molar-refractivity contribution < 1.29 is 4.79 Å². The summed E-state index contributed by atoms with van der Waals surface area (Å²) in [4.78, 5) is 13.8. The monoisotopic (exact) mass is 232 g/mol. The van der Waals surface area contributed by atoms with E-state index in [1.165, 1.54) is 19.3 Å². The predicted octanol–water partition coefficient (Wildman–Crippen LogP) is 2.74. The highest BCUT2D eigenvalue weighted by molar-refractivity contribution is 6.01. The third kappa shape index (κ3) is 2.60. The zero-order chi connectivity index (χ0) is 12.3. The Bertz CT molecular complexity index is 415. The number of nitrogens with two attached hydrogens (primary N) is 1. The molecule has 2 rings (SSSR count). The maximum absolute atomic E-state index is 11.9. The Kier molecular flexibility index (Phi) is 3.67. The van der Waals surface area contributed by atoms with E-state index in [4.69, 9.17) is 5.73 Å². The highest BCUT2D eigenvalue weighted by Crippen LogP contribution is 2.30. The third-order valence-corrected chi connectivity index (χ3v) is 3.27. The lowest BCUT2D eigenvalue weighted by molar-refractivity contribution is -0.117. The quantitative estimate of drug-likeness (QED) is 0.626. The number of amides is 1. The van der Waals surface area contributed by atoms with Gasteiger partial charge in [-0.2, -0.15) is 0 Å². The van der Waals surface area contributed by atoms with Crippen molar-refractivity contribution in [2.45, 2.75) is 39.0 Å².